The van der Waals surface area contributed by atoms with Crippen LogP contribution in [0.2, 0.25) is 0 Å². The highest BCUT2D eigenvalue weighted by Crippen LogP contribution is 2.31. The van der Waals surface area contributed by atoms with Crippen molar-refractivity contribution in [2.45, 2.75) is 19.5 Å². The molecule has 0 saturated carbocycles. The van der Waals surface area contributed by atoms with E-state index in [1.807, 2.05) is 6.92 Å². The van der Waals surface area contributed by atoms with E-state index in [1.165, 1.54) is 0 Å². The highest BCUT2D eigenvalue weighted by molar-refractivity contribution is 9.10. The topological polar surface area (TPSA) is 58.2 Å². The van der Waals surface area contributed by atoms with Gasteiger partial charge >= 0.3 is 6.18 Å². The molecule has 0 aliphatic carbocycles. The Bertz CT molecular complexity index is 533. The summed E-state index contributed by atoms with van der Waals surface area (Å²) in [6, 6.07) is 2.76. The van der Waals surface area contributed by atoms with Gasteiger partial charge in [-0.1, -0.05) is 6.92 Å². The molecule has 1 aromatic carbocycles. The molecular weight excluding hydrogens is 353 g/mol. The lowest BCUT2D eigenvalue weighted by Gasteiger charge is -2.11. The molecule has 8 heteroatoms. The zero-order valence-electron chi connectivity index (χ0n) is 11.2. The molecule has 0 bridgehead atoms. The van der Waals surface area contributed by atoms with Gasteiger partial charge in [0.25, 0.3) is 5.91 Å². The van der Waals surface area contributed by atoms with Crippen LogP contribution in [-0.4, -0.2) is 24.9 Å². The number of carbonyl (C=O) groups excluding carboxylic acids is 2. The van der Waals surface area contributed by atoms with Gasteiger partial charge < -0.3 is 10.6 Å². The molecular formula is C13H14BrF3N2O2. The number of rotatable bonds is 5. The van der Waals surface area contributed by atoms with Gasteiger partial charge in [0.15, 0.2) is 0 Å². The van der Waals surface area contributed by atoms with Crippen LogP contribution in [0.25, 0.3) is 0 Å². The largest absolute Gasteiger partial charge is 0.416 e. The van der Waals surface area contributed by atoms with Crippen LogP contribution >= 0.6 is 15.9 Å². The third kappa shape index (κ3) is 5.37. The quantitative estimate of drug-likeness (QED) is 0.841. The van der Waals surface area contributed by atoms with Crippen LogP contribution in [0.5, 0.6) is 0 Å². The van der Waals surface area contributed by atoms with Crippen LogP contribution in [0.1, 0.15) is 29.3 Å². The molecule has 2 amide bonds. The van der Waals surface area contributed by atoms with Crippen LogP contribution in [-0.2, 0) is 11.0 Å². The minimum atomic E-state index is -4.53. The van der Waals surface area contributed by atoms with Crippen molar-refractivity contribution in [1.29, 1.82) is 0 Å². The fourth-order valence-electron chi connectivity index (χ4n) is 1.46. The van der Waals surface area contributed by atoms with Crippen molar-refractivity contribution in [2.75, 3.05) is 13.1 Å². The molecule has 0 aliphatic heterocycles. The summed E-state index contributed by atoms with van der Waals surface area (Å²) >= 11 is 3.02. The van der Waals surface area contributed by atoms with Crippen LogP contribution in [0.15, 0.2) is 22.7 Å². The lowest BCUT2D eigenvalue weighted by atomic mass is 10.1. The molecule has 0 atom stereocenters. The van der Waals surface area contributed by atoms with Crippen LogP contribution < -0.4 is 10.6 Å². The maximum absolute atomic E-state index is 12.6. The first-order valence-corrected chi connectivity index (χ1v) is 6.96. The summed E-state index contributed by atoms with van der Waals surface area (Å²) in [6.07, 6.45) is -3.78. The number of amides is 2. The SMILES string of the molecule is CCCNC(=O)CNC(=O)c1cc(C(F)(F)F)ccc1Br. The second-order valence-electron chi connectivity index (χ2n) is 4.23. The second kappa shape index (κ2) is 7.44. The zero-order valence-corrected chi connectivity index (χ0v) is 12.8. The number of nitrogens with one attached hydrogen (secondary N) is 2. The molecule has 2 N–H and O–H groups in total. The van der Waals surface area contributed by atoms with Crippen molar-refractivity contribution in [1.82, 2.24) is 10.6 Å². The highest BCUT2D eigenvalue weighted by Gasteiger charge is 2.31. The summed E-state index contributed by atoms with van der Waals surface area (Å²) in [5, 5.41) is 4.82. The lowest BCUT2D eigenvalue weighted by molar-refractivity contribution is -0.137. The molecule has 1 rings (SSSR count). The lowest BCUT2D eigenvalue weighted by Crippen LogP contribution is -2.37. The first-order valence-electron chi connectivity index (χ1n) is 6.17. The fourth-order valence-corrected chi connectivity index (χ4v) is 1.88. The summed E-state index contributed by atoms with van der Waals surface area (Å²) in [5.41, 5.74) is -1.10. The van der Waals surface area contributed by atoms with Crippen LogP contribution in [0.3, 0.4) is 0 Å². The van der Waals surface area contributed by atoms with Gasteiger partial charge in [-0.05, 0) is 40.5 Å². The maximum atomic E-state index is 12.6. The first kappa shape index (κ1) is 17.5. The Kier molecular flexibility index (Phi) is 6.19. The van der Waals surface area contributed by atoms with Crippen molar-refractivity contribution in [3.63, 3.8) is 0 Å². The Balaban J connectivity index is 2.76. The first-order chi connectivity index (χ1) is 9.75. The number of halogens is 4. The third-order valence-electron chi connectivity index (χ3n) is 2.52. The Morgan fingerprint density at radius 3 is 2.48 bits per heavy atom. The predicted octanol–water partition coefficient (Wildman–Crippen LogP) is 2.72. The predicted molar refractivity (Wildman–Crippen MR) is 74.8 cm³/mol. The average Bonchev–Trinajstić information content (AvgIpc) is 2.41. The van der Waals surface area contributed by atoms with Gasteiger partial charge in [0.1, 0.15) is 0 Å². The molecule has 4 nitrogen and oxygen atoms in total. The molecule has 0 saturated heterocycles. The van der Waals surface area contributed by atoms with Gasteiger partial charge in [0.2, 0.25) is 5.91 Å². The van der Waals surface area contributed by atoms with E-state index in [9.17, 15) is 22.8 Å². The number of hydrogen-bond acceptors (Lipinski definition) is 2. The number of carbonyl (C=O) groups is 2. The molecule has 0 aromatic heterocycles. The molecule has 21 heavy (non-hydrogen) atoms. The molecule has 116 valence electrons. The van der Waals surface area contributed by atoms with E-state index in [1.54, 1.807) is 0 Å². The molecule has 0 aliphatic rings. The Morgan fingerprint density at radius 1 is 1.24 bits per heavy atom. The fraction of sp³-hybridized carbons (Fsp3) is 0.385. The normalized spacial score (nSPS) is 11.1. The molecule has 1 aromatic rings. The molecule has 0 unspecified atom stereocenters. The van der Waals surface area contributed by atoms with E-state index in [-0.39, 0.29) is 16.6 Å². The van der Waals surface area contributed by atoms with E-state index >= 15 is 0 Å². The van der Waals surface area contributed by atoms with Crippen molar-refractivity contribution in [2.24, 2.45) is 0 Å². The smallest absolute Gasteiger partial charge is 0.355 e. The van der Waals surface area contributed by atoms with Crippen molar-refractivity contribution in [3.05, 3.63) is 33.8 Å². The van der Waals surface area contributed by atoms with Gasteiger partial charge in [0.05, 0.1) is 17.7 Å². The summed E-state index contributed by atoms with van der Waals surface area (Å²) in [7, 11) is 0. The van der Waals surface area contributed by atoms with E-state index in [4.69, 9.17) is 0 Å². The Morgan fingerprint density at radius 2 is 1.90 bits per heavy atom. The standard InChI is InChI=1S/C13H14BrF3N2O2/c1-2-5-18-11(20)7-19-12(21)9-6-8(13(15,16)17)3-4-10(9)14/h3-4,6H,2,5,7H2,1H3,(H,18,20)(H,19,21). The second-order valence-corrected chi connectivity index (χ2v) is 5.08. The molecule has 0 spiro atoms. The monoisotopic (exact) mass is 366 g/mol. The van der Waals surface area contributed by atoms with E-state index in [0.717, 1.165) is 24.6 Å². The van der Waals surface area contributed by atoms with Crippen molar-refractivity contribution >= 4 is 27.7 Å². The minimum absolute atomic E-state index is 0.173. The van der Waals surface area contributed by atoms with Gasteiger partial charge in [-0.3, -0.25) is 9.59 Å². The van der Waals surface area contributed by atoms with Gasteiger partial charge in [-0.2, -0.15) is 13.2 Å². The van der Waals surface area contributed by atoms with Crippen LogP contribution in [0.4, 0.5) is 13.2 Å². The number of alkyl halides is 3. The maximum Gasteiger partial charge on any atom is 0.416 e. The molecule has 0 fully saturated rings. The highest BCUT2D eigenvalue weighted by atomic mass is 79.9. The summed E-state index contributed by atoms with van der Waals surface area (Å²) < 4.78 is 38.0. The third-order valence-corrected chi connectivity index (χ3v) is 3.21. The zero-order chi connectivity index (χ0) is 16.0. The average molecular weight is 367 g/mol. The minimum Gasteiger partial charge on any atom is -0.355 e. The summed E-state index contributed by atoms with van der Waals surface area (Å²) in [5.74, 6) is -1.15. The number of benzene rings is 1. The van der Waals surface area contributed by atoms with Crippen molar-refractivity contribution < 1.29 is 22.8 Å². The van der Waals surface area contributed by atoms with E-state index < -0.39 is 23.6 Å². The van der Waals surface area contributed by atoms with Gasteiger partial charge in [-0.15, -0.1) is 0 Å². The Labute approximate surface area is 128 Å². The van der Waals surface area contributed by atoms with Gasteiger partial charge in [0, 0.05) is 11.0 Å². The van der Waals surface area contributed by atoms with Crippen LogP contribution in [0, 0.1) is 0 Å². The summed E-state index contributed by atoms with van der Waals surface area (Å²) in [6.45, 7) is 2.06. The Hall–Kier alpha value is -1.57. The van der Waals surface area contributed by atoms with Crippen molar-refractivity contribution in [3.8, 4) is 0 Å². The van der Waals surface area contributed by atoms with E-state index in [0.29, 0.717) is 6.54 Å². The van der Waals surface area contributed by atoms with Gasteiger partial charge in [-0.25, -0.2) is 0 Å². The van der Waals surface area contributed by atoms with E-state index in [2.05, 4.69) is 26.6 Å². The number of hydrogen-bond donors (Lipinski definition) is 2. The molecule has 0 heterocycles. The summed E-state index contributed by atoms with van der Waals surface area (Å²) in [4.78, 5) is 23.2. The molecule has 0 radical (unpaired) electrons.